The summed E-state index contributed by atoms with van der Waals surface area (Å²) in [6.07, 6.45) is 0. The predicted octanol–water partition coefficient (Wildman–Crippen LogP) is 5.42. The van der Waals surface area contributed by atoms with E-state index in [-0.39, 0.29) is 18.4 Å². The molecule has 0 aromatic heterocycles. The number of ether oxygens (including phenoxy) is 2. The van der Waals surface area contributed by atoms with Gasteiger partial charge in [-0.2, -0.15) is 0 Å². The lowest BCUT2D eigenvalue weighted by Gasteiger charge is -2.27. The summed E-state index contributed by atoms with van der Waals surface area (Å²) >= 11 is 0. The molecule has 0 atom stereocenters. The van der Waals surface area contributed by atoms with E-state index in [2.05, 4.69) is 31.3 Å². The minimum atomic E-state index is -0.242. The number of aryl methyl sites for hydroxylation is 1. The maximum absolute atomic E-state index is 13.2. The van der Waals surface area contributed by atoms with E-state index < -0.39 is 0 Å². The van der Waals surface area contributed by atoms with Gasteiger partial charge in [-0.25, -0.2) is 0 Å². The molecular formula is C29H32N2O4. The number of carbonyl (C=O) groups is 2. The van der Waals surface area contributed by atoms with Crippen molar-refractivity contribution < 1.29 is 19.1 Å². The molecule has 2 amide bonds. The Bertz CT molecular complexity index is 1200. The molecule has 182 valence electrons. The van der Waals surface area contributed by atoms with Crippen LogP contribution >= 0.6 is 0 Å². The van der Waals surface area contributed by atoms with Gasteiger partial charge in [0.05, 0.1) is 13.2 Å². The van der Waals surface area contributed by atoms with Crippen LogP contribution < -0.4 is 10.1 Å². The van der Waals surface area contributed by atoms with Crippen LogP contribution in [0.1, 0.15) is 57.2 Å². The number of anilines is 1. The molecule has 1 aliphatic heterocycles. The molecule has 3 aromatic rings. The number of carbonyl (C=O) groups excluding carboxylic acids is 2. The Morgan fingerprint density at radius 2 is 1.77 bits per heavy atom. The molecule has 6 heteroatoms. The Balaban J connectivity index is 1.48. The van der Waals surface area contributed by atoms with Crippen LogP contribution in [0.15, 0.2) is 66.7 Å². The monoisotopic (exact) mass is 472 g/mol. The van der Waals surface area contributed by atoms with Gasteiger partial charge in [0.1, 0.15) is 12.4 Å². The van der Waals surface area contributed by atoms with Gasteiger partial charge in [-0.15, -0.1) is 0 Å². The summed E-state index contributed by atoms with van der Waals surface area (Å²) in [7, 11) is 0. The van der Waals surface area contributed by atoms with Gasteiger partial charge < -0.3 is 19.7 Å². The molecule has 0 aliphatic carbocycles. The van der Waals surface area contributed by atoms with Crippen molar-refractivity contribution in [3.05, 3.63) is 94.5 Å². The average Bonchev–Trinajstić information content (AvgIpc) is 2.87. The molecule has 1 heterocycles. The Morgan fingerprint density at radius 1 is 1.00 bits per heavy atom. The first kappa shape index (κ1) is 24.5. The molecule has 3 aromatic carbocycles. The first-order valence-electron chi connectivity index (χ1n) is 12.0. The summed E-state index contributed by atoms with van der Waals surface area (Å²) in [5.74, 6) is 0.868. The molecule has 0 radical (unpaired) electrons. The predicted molar refractivity (Wildman–Crippen MR) is 137 cm³/mol. The van der Waals surface area contributed by atoms with Crippen molar-refractivity contribution in [2.75, 3.05) is 31.6 Å². The second-order valence-electron chi connectivity index (χ2n) is 9.08. The molecule has 0 unspecified atom stereocenters. The van der Waals surface area contributed by atoms with Crippen LogP contribution in [-0.2, 0) is 11.3 Å². The number of hydrogen-bond acceptors (Lipinski definition) is 4. The highest BCUT2D eigenvalue weighted by Gasteiger charge is 2.19. The van der Waals surface area contributed by atoms with Gasteiger partial charge in [-0.05, 0) is 54.3 Å². The van der Waals surface area contributed by atoms with Crippen LogP contribution in [-0.4, -0.2) is 43.0 Å². The number of rotatable bonds is 7. The molecule has 1 aliphatic rings. The topological polar surface area (TPSA) is 67.9 Å². The summed E-state index contributed by atoms with van der Waals surface area (Å²) in [5.41, 5.74) is 4.71. The maximum Gasteiger partial charge on any atom is 0.256 e. The average molecular weight is 473 g/mol. The standard InChI is InChI=1S/C29H32N2O4/c1-20(2)25-12-11-21(3)17-27(25)35-19-23-7-4-5-10-26(23)28(32)30-24-9-6-8-22(18-24)29(33)31-13-15-34-16-14-31/h4-12,17-18,20H,13-16,19H2,1-3H3,(H,30,32). The largest absolute Gasteiger partial charge is 0.489 e. The van der Waals surface area contributed by atoms with Crippen LogP contribution in [0.3, 0.4) is 0 Å². The smallest absolute Gasteiger partial charge is 0.256 e. The number of hydrogen-bond donors (Lipinski definition) is 1. The van der Waals surface area contributed by atoms with Gasteiger partial charge in [-0.1, -0.05) is 50.2 Å². The summed E-state index contributed by atoms with van der Waals surface area (Å²) < 4.78 is 11.5. The highest BCUT2D eigenvalue weighted by molar-refractivity contribution is 6.06. The van der Waals surface area contributed by atoms with E-state index in [4.69, 9.17) is 9.47 Å². The van der Waals surface area contributed by atoms with Gasteiger partial charge >= 0.3 is 0 Å². The van der Waals surface area contributed by atoms with Gasteiger partial charge in [-0.3, -0.25) is 9.59 Å². The maximum atomic E-state index is 13.2. The second kappa shape index (κ2) is 11.2. The van der Waals surface area contributed by atoms with Gasteiger partial charge in [0.2, 0.25) is 0 Å². The molecule has 0 bridgehead atoms. The molecule has 0 spiro atoms. The Kier molecular flexibility index (Phi) is 7.83. The normalized spacial score (nSPS) is 13.5. The molecule has 35 heavy (non-hydrogen) atoms. The molecule has 4 rings (SSSR count). The molecule has 0 saturated carbocycles. The van der Waals surface area contributed by atoms with Crippen LogP contribution in [0.4, 0.5) is 5.69 Å². The first-order valence-corrected chi connectivity index (χ1v) is 12.0. The zero-order chi connectivity index (χ0) is 24.8. The molecule has 1 saturated heterocycles. The van der Waals surface area contributed by atoms with E-state index in [1.54, 1.807) is 35.2 Å². The van der Waals surface area contributed by atoms with E-state index >= 15 is 0 Å². The van der Waals surface area contributed by atoms with E-state index in [9.17, 15) is 9.59 Å². The van der Waals surface area contributed by atoms with Crippen molar-refractivity contribution in [1.82, 2.24) is 4.90 Å². The quantitative estimate of drug-likeness (QED) is 0.498. The van der Waals surface area contributed by atoms with Crippen molar-refractivity contribution in [3.63, 3.8) is 0 Å². The first-order chi connectivity index (χ1) is 16.9. The lowest BCUT2D eigenvalue weighted by molar-refractivity contribution is 0.0303. The van der Waals surface area contributed by atoms with Crippen molar-refractivity contribution in [1.29, 1.82) is 0 Å². The molecular weight excluding hydrogens is 440 g/mol. The fourth-order valence-electron chi connectivity index (χ4n) is 4.14. The zero-order valence-corrected chi connectivity index (χ0v) is 20.5. The summed E-state index contributed by atoms with van der Waals surface area (Å²) in [5, 5.41) is 2.94. The van der Waals surface area contributed by atoms with Crippen molar-refractivity contribution in [2.24, 2.45) is 0 Å². The van der Waals surface area contributed by atoms with Crippen molar-refractivity contribution in [2.45, 2.75) is 33.3 Å². The molecule has 1 N–H and O–H groups in total. The lowest BCUT2D eigenvalue weighted by atomic mass is 10.0. The number of nitrogens with one attached hydrogen (secondary N) is 1. The molecule has 1 fully saturated rings. The SMILES string of the molecule is Cc1ccc(C(C)C)c(OCc2ccccc2C(=O)Nc2cccc(C(=O)N3CCOCC3)c2)c1. The van der Waals surface area contributed by atoms with Crippen LogP contribution in [0.25, 0.3) is 0 Å². The fraction of sp³-hybridized carbons (Fsp3) is 0.310. The number of morpholine rings is 1. The van der Waals surface area contributed by atoms with Crippen molar-refractivity contribution >= 4 is 17.5 Å². The van der Waals surface area contributed by atoms with Crippen LogP contribution in [0, 0.1) is 6.92 Å². The van der Waals surface area contributed by atoms with Crippen LogP contribution in [0.2, 0.25) is 0 Å². The summed E-state index contributed by atoms with van der Waals surface area (Å²) in [6.45, 7) is 8.82. The third kappa shape index (κ3) is 6.08. The van der Waals surface area contributed by atoms with E-state index in [0.29, 0.717) is 49.0 Å². The summed E-state index contributed by atoms with van der Waals surface area (Å²) in [6, 6.07) is 20.7. The minimum Gasteiger partial charge on any atom is -0.489 e. The highest BCUT2D eigenvalue weighted by atomic mass is 16.5. The highest BCUT2D eigenvalue weighted by Crippen LogP contribution is 2.28. The third-order valence-electron chi connectivity index (χ3n) is 6.10. The Morgan fingerprint density at radius 3 is 2.54 bits per heavy atom. The van der Waals surface area contributed by atoms with E-state index in [1.807, 2.05) is 31.2 Å². The Labute approximate surface area is 206 Å². The zero-order valence-electron chi connectivity index (χ0n) is 20.5. The van der Waals surface area contributed by atoms with Crippen LogP contribution in [0.5, 0.6) is 5.75 Å². The second-order valence-corrected chi connectivity index (χ2v) is 9.08. The van der Waals surface area contributed by atoms with Gasteiger partial charge in [0, 0.05) is 35.5 Å². The number of benzene rings is 3. The van der Waals surface area contributed by atoms with Gasteiger partial charge in [0.15, 0.2) is 0 Å². The number of amides is 2. The summed E-state index contributed by atoms with van der Waals surface area (Å²) in [4.78, 5) is 27.8. The van der Waals surface area contributed by atoms with E-state index in [0.717, 1.165) is 22.4 Å². The molecule has 6 nitrogen and oxygen atoms in total. The lowest BCUT2D eigenvalue weighted by Crippen LogP contribution is -2.40. The van der Waals surface area contributed by atoms with Gasteiger partial charge in [0.25, 0.3) is 11.8 Å². The third-order valence-corrected chi connectivity index (χ3v) is 6.10. The fourth-order valence-corrected chi connectivity index (χ4v) is 4.14. The minimum absolute atomic E-state index is 0.0580. The number of nitrogens with zero attached hydrogens (tertiary/aromatic N) is 1. The van der Waals surface area contributed by atoms with E-state index in [1.165, 1.54) is 0 Å². The van der Waals surface area contributed by atoms with Crippen molar-refractivity contribution in [3.8, 4) is 5.75 Å². The Hall–Kier alpha value is -3.64.